The molecule has 0 bridgehead atoms. The number of hydrogen-bond donors (Lipinski definition) is 1. The number of nitrogens with one attached hydrogen (secondary N) is 1. The van der Waals surface area contributed by atoms with Crippen molar-refractivity contribution in [3.63, 3.8) is 0 Å². The summed E-state index contributed by atoms with van der Waals surface area (Å²) in [5, 5.41) is 2.61. The van der Waals surface area contributed by atoms with E-state index in [0.29, 0.717) is 16.8 Å². The van der Waals surface area contributed by atoms with E-state index in [4.69, 9.17) is 4.74 Å². The van der Waals surface area contributed by atoms with Crippen molar-refractivity contribution in [2.24, 2.45) is 0 Å². The van der Waals surface area contributed by atoms with Gasteiger partial charge in [0.1, 0.15) is 24.2 Å². The van der Waals surface area contributed by atoms with Crippen LogP contribution in [0.25, 0.3) is 0 Å². The first-order valence-electron chi connectivity index (χ1n) is 13.9. The van der Waals surface area contributed by atoms with Crippen LogP contribution >= 0.6 is 15.9 Å². The number of amides is 2. The molecule has 0 spiro atoms. The largest absolute Gasteiger partial charge is 0.494 e. The Hall–Kier alpha value is -4.22. The van der Waals surface area contributed by atoms with Crippen LogP contribution in [0, 0.1) is 5.82 Å². The number of anilines is 1. The number of halogens is 2. The van der Waals surface area contributed by atoms with Gasteiger partial charge in [-0.15, -0.1) is 0 Å². The van der Waals surface area contributed by atoms with E-state index in [1.165, 1.54) is 42.3 Å². The van der Waals surface area contributed by atoms with Crippen LogP contribution < -0.4 is 14.4 Å². The molecule has 4 aromatic carbocycles. The molecule has 0 fully saturated rings. The highest BCUT2D eigenvalue weighted by molar-refractivity contribution is 9.10. The minimum Gasteiger partial charge on any atom is -0.494 e. The molecular weight excluding hydrogens is 649 g/mol. The van der Waals surface area contributed by atoms with Crippen LogP contribution in [0.15, 0.2) is 112 Å². The first-order valence-corrected chi connectivity index (χ1v) is 16.2. The third kappa shape index (κ3) is 8.03. The molecule has 0 radical (unpaired) electrons. The molecule has 0 aliphatic heterocycles. The normalized spacial score (nSPS) is 11.8. The summed E-state index contributed by atoms with van der Waals surface area (Å²) in [6.45, 7) is 1.35. The Balaban J connectivity index is 1.79. The van der Waals surface area contributed by atoms with Crippen molar-refractivity contribution < 1.29 is 27.1 Å². The van der Waals surface area contributed by atoms with Gasteiger partial charge in [0.2, 0.25) is 11.8 Å². The summed E-state index contributed by atoms with van der Waals surface area (Å²) in [7, 11) is -2.81. The number of rotatable bonds is 13. The number of carbonyl (C=O) groups excluding carboxylic acids is 2. The Labute approximate surface area is 265 Å². The second-order valence-electron chi connectivity index (χ2n) is 9.83. The number of likely N-dealkylation sites (N-methyl/N-ethyl adjacent to an activating group) is 1. The maximum atomic E-state index is 14.9. The van der Waals surface area contributed by atoms with Crippen molar-refractivity contribution in [3.8, 4) is 5.75 Å². The quantitative estimate of drug-likeness (QED) is 0.199. The number of hydrogen-bond acceptors (Lipinski definition) is 5. The molecule has 0 saturated carbocycles. The van der Waals surface area contributed by atoms with Gasteiger partial charge in [0.05, 0.1) is 17.2 Å². The van der Waals surface area contributed by atoms with Crippen molar-refractivity contribution in [2.75, 3.05) is 24.5 Å². The van der Waals surface area contributed by atoms with Crippen LogP contribution in [0.4, 0.5) is 10.1 Å². The molecule has 8 nitrogen and oxygen atoms in total. The summed E-state index contributed by atoms with van der Waals surface area (Å²) in [6.07, 6.45) is 0.128. The lowest BCUT2D eigenvalue weighted by atomic mass is 10.0. The molecule has 0 aromatic heterocycles. The molecule has 0 heterocycles. The highest BCUT2D eigenvalue weighted by Crippen LogP contribution is 2.28. The standard InChI is InChI=1S/C33H33BrFN3O5S/c1-3-43-28-17-15-27(16-18-28)38(44(41,42)29-19-13-26(34)14-20-29)23-32(39)37(22-25-11-7-8-12-30(25)35)31(33(40)36-2)21-24-9-5-4-6-10-24/h4-20,31H,3,21-23H2,1-2H3,(H,36,40)/t31-/m0/s1. The molecule has 0 saturated heterocycles. The maximum Gasteiger partial charge on any atom is 0.264 e. The molecule has 0 aliphatic carbocycles. The van der Waals surface area contributed by atoms with E-state index in [1.807, 2.05) is 37.3 Å². The van der Waals surface area contributed by atoms with Crippen molar-refractivity contribution >= 4 is 43.5 Å². The van der Waals surface area contributed by atoms with Crippen LogP contribution in [0.5, 0.6) is 5.75 Å². The van der Waals surface area contributed by atoms with Crippen molar-refractivity contribution in [2.45, 2.75) is 30.8 Å². The average molecular weight is 683 g/mol. The Bertz CT molecular complexity index is 1670. The molecule has 0 unspecified atom stereocenters. The highest BCUT2D eigenvalue weighted by Gasteiger charge is 2.34. The van der Waals surface area contributed by atoms with Gasteiger partial charge in [0.15, 0.2) is 0 Å². The minimum atomic E-state index is -4.27. The van der Waals surface area contributed by atoms with Crippen LogP contribution in [0.2, 0.25) is 0 Å². The molecule has 1 atom stereocenters. The van der Waals surface area contributed by atoms with Crippen LogP contribution in [0.3, 0.4) is 0 Å². The fourth-order valence-corrected chi connectivity index (χ4v) is 6.35. The fraction of sp³-hybridized carbons (Fsp3) is 0.212. The number of nitrogens with zero attached hydrogens (tertiary/aromatic N) is 2. The van der Waals surface area contributed by atoms with E-state index < -0.39 is 40.2 Å². The molecule has 2 amide bonds. The second-order valence-corrected chi connectivity index (χ2v) is 12.6. The van der Waals surface area contributed by atoms with Gasteiger partial charge >= 0.3 is 0 Å². The first kappa shape index (κ1) is 32.7. The van der Waals surface area contributed by atoms with Crippen molar-refractivity contribution in [1.29, 1.82) is 0 Å². The number of sulfonamides is 1. The van der Waals surface area contributed by atoms with E-state index in [0.717, 1.165) is 9.87 Å². The monoisotopic (exact) mass is 681 g/mol. The van der Waals surface area contributed by atoms with Crippen molar-refractivity contribution in [1.82, 2.24) is 10.2 Å². The van der Waals surface area contributed by atoms with Gasteiger partial charge in [-0.25, -0.2) is 12.8 Å². The summed E-state index contributed by atoms with van der Waals surface area (Å²) in [6, 6.07) is 26.4. The summed E-state index contributed by atoms with van der Waals surface area (Å²) >= 11 is 3.33. The minimum absolute atomic E-state index is 0.0322. The zero-order valence-corrected chi connectivity index (χ0v) is 26.7. The van der Waals surface area contributed by atoms with Gasteiger partial charge in [0.25, 0.3) is 10.0 Å². The molecule has 4 aromatic rings. The summed E-state index contributed by atoms with van der Waals surface area (Å²) in [5.74, 6) is -1.17. The molecule has 4 rings (SSSR count). The molecule has 0 aliphatic rings. The van der Waals surface area contributed by atoms with E-state index in [9.17, 15) is 22.4 Å². The van der Waals surface area contributed by atoms with Gasteiger partial charge in [-0.3, -0.25) is 13.9 Å². The lowest BCUT2D eigenvalue weighted by molar-refractivity contribution is -0.139. The highest BCUT2D eigenvalue weighted by atomic mass is 79.9. The van der Waals surface area contributed by atoms with E-state index in [-0.39, 0.29) is 29.1 Å². The smallest absolute Gasteiger partial charge is 0.264 e. The third-order valence-corrected chi connectivity index (χ3v) is 9.25. The average Bonchev–Trinajstić information content (AvgIpc) is 3.03. The molecule has 230 valence electrons. The predicted molar refractivity (Wildman–Crippen MR) is 171 cm³/mol. The van der Waals surface area contributed by atoms with Gasteiger partial charge in [-0.2, -0.15) is 0 Å². The Kier molecular flexibility index (Phi) is 11.1. The van der Waals surface area contributed by atoms with E-state index >= 15 is 0 Å². The predicted octanol–water partition coefficient (Wildman–Crippen LogP) is 5.57. The third-order valence-electron chi connectivity index (χ3n) is 6.93. The molecular formula is C33H33BrFN3O5S. The van der Waals surface area contributed by atoms with Crippen LogP contribution in [-0.4, -0.2) is 51.4 Å². The summed E-state index contributed by atoms with van der Waals surface area (Å²) in [4.78, 5) is 28.8. The van der Waals surface area contributed by atoms with E-state index in [2.05, 4.69) is 21.2 Å². The van der Waals surface area contributed by atoms with Gasteiger partial charge < -0.3 is 15.0 Å². The van der Waals surface area contributed by atoms with E-state index in [1.54, 1.807) is 42.5 Å². The number of benzene rings is 4. The first-order chi connectivity index (χ1) is 21.1. The Morgan fingerprint density at radius 1 is 0.909 bits per heavy atom. The molecule has 1 N–H and O–H groups in total. The second kappa shape index (κ2) is 15.0. The van der Waals surface area contributed by atoms with Crippen LogP contribution in [0.1, 0.15) is 18.1 Å². The zero-order chi connectivity index (χ0) is 31.7. The topological polar surface area (TPSA) is 96.0 Å². The Morgan fingerprint density at radius 2 is 1.55 bits per heavy atom. The fourth-order valence-electron chi connectivity index (χ4n) is 4.67. The summed E-state index contributed by atoms with van der Waals surface area (Å²) in [5.41, 5.74) is 1.18. The molecule has 11 heteroatoms. The van der Waals surface area contributed by atoms with Crippen LogP contribution in [-0.2, 0) is 32.6 Å². The number of ether oxygens (including phenoxy) is 1. The summed E-state index contributed by atoms with van der Waals surface area (Å²) < 4.78 is 50.2. The molecule has 44 heavy (non-hydrogen) atoms. The Morgan fingerprint density at radius 3 is 2.16 bits per heavy atom. The zero-order valence-electron chi connectivity index (χ0n) is 24.3. The van der Waals surface area contributed by atoms with Gasteiger partial charge in [0, 0.05) is 30.0 Å². The lowest BCUT2D eigenvalue weighted by Gasteiger charge is -2.33. The maximum absolute atomic E-state index is 14.9. The van der Waals surface area contributed by atoms with Crippen molar-refractivity contribution in [3.05, 3.63) is 125 Å². The lowest BCUT2D eigenvalue weighted by Crippen LogP contribution is -2.53. The SMILES string of the molecule is CCOc1ccc(N(CC(=O)N(Cc2ccccc2F)[C@@H](Cc2ccccc2)C(=O)NC)S(=O)(=O)c2ccc(Br)cc2)cc1. The number of carbonyl (C=O) groups is 2. The van der Waals surface area contributed by atoms with Gasteiger partial charge in [-0.05, 0) is 67.1 Å². The van der Waals surface area contributed by atoms with Gasteiger partial charge in [-0.1, -0.05) is 64.5 Å².